The second-order valence-electron chi connectivity index (χ2n) is 15.6. The number of hydrogen-bond acceptors (Lipinski definition) is 15. The van der Waals surface area contributed by atoms with Crippen LogP contribution in [-0.2, 0) is 60.3 Å². The Morgan fingerprint density at radius 2 is 0.544 bits per heavy atom. The van der Waals surface area contributed by atoms with Crippen molar-refractivity contribution in [1.82, 2.24) is 0 Å². The lowest BCUT2D eigenvalue weighted by Crippen LogP contribution is -2.12. The summed E-state index contributed by atoms with van der Waals surface area (Å²) in [5.74, 6) is -0.809. The van der Waals surface area contributed by atoms with Crippen molar-refractivity contribution in [3.63, 3.8) is 0 Å². The number of rotatable bonds is 19. The maximum Gasteiger partial charge on any atom is 0.339 e. The lowest BCUT2D eigenvalue weighted by molar-refractivity contribution is 0.270. The summed E-state index contributed by atoms with van der Waals surface area (Å²) in [4.78, 5) is -0.573. The van der Waals surface area contributed by atoms with Crippen LogP contribution in [0.15, 0.2) is 171 Å². The van der Waals surface area contributed by atoms with E-state index in [1.165, 1.54) is 91.0 Å². The van der Waals surface area contributed by atoms with E-state index in [-0.39, 0.29) is 78.4 Å². The van der Waals surface area contributed by atoms with Crippen molar-refractivity contribution in [2.75, 3.05) is 0 Å². The van der Waals surface area contributed by atoms with Crippen LogP contribution in [0.5, 0.6) is 34.5 Å². The molecule has 0 bridgehead atoms. The summed E-state index contributed by atoms with van der Waals surface area (Å²) < 4.78 is 140. The van der Waals surface area contributed by atoms with Gasteiger partial charge in [0, 0.05) is 18.2 Å². The maximum absolute atomic E-state index is 13.3. The summed E-state index contributed by atoms with van der Waals surface area (Å²) in [6.07, 6.45) is 0. The fraction of sp³-hybridized carbons (Fsp3) is 0.143. The molecule has 7 aromatic rings. The van der Waals surface area contributed by atoms with E-state index in [0.717, 1.165) is 34.4 Å². The molecule has 1 N–H and O–H groups in total. The lowest BCUT2D eigenvalue weighted by Gasteiger charge is -2.15. The minimum atomic E-state index is -4.39. The van der Waals surface area contributed by atoms with Gasteiger partial charge in [-0.2, -0.15) is 33.7 Å². The first-order valence-electron chi connectivity index (χ1n) is 20.5. The summed E-state index contributed by atoms with van der Waals surface area (Å²) in [6.45, 7) is 6.09. The monoisotopic (exact) mass is 1000 g/mol. The molecule has 0 aliphatic heterocycles. The minimum absolute atomic E-state index is 0.143. The molecule has 0 atom stereocenters. The average molecular weight is 1000 g/mol. The van der Waals surface area contributed by atoms with E-state index >= 15 is 0 Å². The zero-order valence-electron chi connectivity index (χ0n) is 36.9. The first kappa shape index (κ1) is 49.0. The molecule has 19 heteroatoms. The number of benzene rings is 7. The summed E-state index contributed by atoms with van der Waals surface area (Å²) in [7, 11) is -17.6. The molecule has 0 saturated heterocycles. The molecule has 0 aliphatic carbocycles. The normalized spacial score (nSPS) is 12.0. The lowest BCUT2D eigenvalue weighted by atomic mass is 10.2. The van der Waals surface area contributed by atoms with E-state index in [9.17, 15) is 38.8 Å². The molecular weight excluding hydrogens is 957 g/mol. The fourth-order valence-corrected chi connectivity index (χ4v) is 10.0. The van der Waals surface area contributed by atoms with Crippen molar-refractivity contribution in [3.05, 3.63) is 191 Å². The molecule has 0 spiro atoms. The molecular formula is C49H44O15S4. The van der Waals surface area contributed by atoms with Crippen molar-refractivity contribution in [1.29, 1.82) is 0 Å². The topological polar surface area (TPSA) is 212 Å². The zero-order chi connectivity index (χ0) is 48.9. The second-order valence-corrected chi connectivity index (χ2v) is 21.8. The molecule has 0 aromatic heterocycles. The standard InChI is InChI=1S/C49H44O15S4/c1-33-5-13-46(14-6-33)65(51,52)61-42-23-38(24-43(28-42)62-66(53,54)47-15-7-34(2)8-16-47)31-59-40-21-37(30-50)22-41(27-40)60-32-39-25-44(63-67(55,56)48-17-9-35(3)10-18-48)29-45(26-39)64-68(57,58)49-19-11-36(4)12-20-49/h5-29,50H,30-32H2,1-4H3. The summed E-state index contributed by atoms with van der Waals surface area (Å²) in [6, 6.07) is 35.8. The van der Waals surface area contributed by atoms with Gasteiger partial charge in [-0.1, -0.05) is 70.8 Å². The van der Waals surface area contributed by atoms with E-state index in [0.29, 0.717) is 5.56 Å². The highest BCUT2D eigenvalue weighted by Crippen LogP contribution is 2.33. The van der Waals surface area contributed by atoms with Gasteiger partial charge in [0.15, 0.2) is 0 Å². The highest BCUT2D eigenvalue weighted by molar-refractivity contribution is 7.88. The van der Waals surface area contributed by atoms with Crippen LogP contribution in [0.4, 0.5) is 0 Å². The van der Waals surface area contributed by atoms with E-state index in [1.807, 2.05) is 0 Å². The summed E-state index contributed by atoms with van der Waals surface area (Å²) in [5.41, 5.74) is 4.04. The van der Waals surface area contributed by atoms with Gasteiger partial charge in [0.05, 0.1) is 6.61 Å². The summed E-state index contributed by atoms with van der Waals surface area (Å²) in [5, 5.41) is 10.2. The van der Waals surface area contributed by atoms with Crippen molar-refractivity contribution in [2.45, 2.75) is 67.1 Å². The van der Waals surface area contributed by atoms with Gasteiger partial charge in [-0.15, -0.1) is 0 Å². The van der Waals surface area contributed by atoms with Gasteiger partial charge in [0.25, 0.3) is 0 Å². The molecule has 7 rings (SSSR count). The van der Waals surface area contributed by atoms with E-state index in [4.69, 9.17) is 26.2 Å². The Morgan fingerprint density at radius 1 is 0.324 bits per heavy atom. The van der Waals surface area contributed by atoms with Crippen molar-refractivity contribution in [3.8, 4) is 34.5 Å². The van der Waals surface area contributed by atoms with E-state index < -0.39 is 47.1 Å². The Balaban J connectivity index is 1.15. The van der Waals surface area contributed by atoms with Crippen molar-refractivity contribution >= 4 is 40.5 Å². The Hall–Kier alpha value is -6.90. The molecule has 68 heavy (non-hydrogen) atoms. The smallest absolute Gasteiger partial charge is 0.339 e. The van der Waals surface area contributed by atoms with Crippen molar-refractivity contribution < 1.29 is 65.0 Å². The second kappa shape index (κ2) is 20.1. The van der Waals surface area contributed by atoms with Crippen molar-refractivity contribution in [2.24, 2.45) is 0 Å². The van der Waals surface area contributed by atoms with Crippen LogP contribution >= 0.6 is 0 Å². The number of aliphatic hydroxyl groups excluding tert-OH is 1. The van der Waals surface area contributed by atoms with Gasteiger partial charge in [-0.05, 0) is 129 Å². The minimum Gasteiger partial charge on any atom is -0.489 e. The molecule has 0 saturated carbocycles. The molecule has 0 unspecified atom stereocenters. The van der Waals surface area contributed by atoms with Gasteiger partial charge in [-0.3, -0.25) is 0 Å². The fourth-order valence-electron chi connectivity index (χ4n) is 6.36. The highest BCUT2D eigenvalue weighted by atomic mass is 32.2. The van der Waals surface area contributed by atoms with Crippen LogP contribution in [-0.4, -0.2) is 38.8 Å². The molecule has 0 amide bonds. The van der Waals surface area contributed by atoms with Crippen LogP contribution in [0.3, 0.4) is 0 Å². The molecule has 0 radical (unpaired) electrons. The third kappa shape index (κ3) is 12.7. The van der Waals surface area contributed by atoms with Crippen LogP contribution in [0.25, 0.3) is 0 Å². The van der Waals surface area contributed by atoms with Gasteiger partial charge in [0.2, 0.25) is 0 Å². The Morgan fingerprint density at radius 3 is 0.779 bits per heavy atom. The molecule has 15 nitrogen and oxygen atoms in total. The largest absolute Gasteiger partial charge is 0.489 e. The number of hydrogen-bond donors (Lipinski definition) is 1. The first-order valence-corrected chi connectivity index (χ1v) is 26.1. The van der Waals surface area contributed by atoms with Gasteiger partial charge in [0.1, 0.15) is 67.3 Å². The quantitative estimate of drug-likeness (QED) is 0.0751. The summed E-state index contributed by atoms with van der Waals surface area (Å²) >= 11 is 0. The Bertz CT molecular complexity index is 2980. The third-order valence-corrected chi connectivity index (χ3v) is 14.9. The number of aryl methyl sites for hydroxylation is 4. The van der Waals surface area contributed by atoms with E-state index in [1.54, 1.807) is 76.2 Å². The molecule has 7 aromatic carbocycles. The molecule has 354 valence electrons. The average Bonchev–Trinajstić information content (AvgIpc) is 3.27. The molecule has 0 aliphatic rings. The first-order chi connectivity index (χ1) is 32.1. The van der Waals surface area contributed by atoms with Crippen LogP contribution < -0.4 is 26.2 Å². The Labute approximate surface area is 395 Å². The van der Waals surface area contributed by atoms with Crippen LogP contribution in [0.2, 0.25) is 0 Å². The van der Waals surface area contributed by atoms with Gasteiger partial charge < -0.3 is 31.3 Å². The highest BCUT2D eigenvalue weighted by Gasteiger charge is 2.23. The third-order valence-electron chi connectivity index (χ3n) is 9.88. The maximum atomic E-state index is 13.3. The SMILES string of the molecule is Cc1ccc(S(=O)(=O)Oc2cc(COc3cc(CO)cc(OCc4cc(OS(=O)(=O)c5ccc(C)cc5)cc(OS(=O)(=O)c5ccc(C)cc5)c4)c3)cc(OS(=O)(=O)c3ccc(C)cc3)c2)cc1. The number of aliphatic hydroxyl groups is 1. The molecule has 0 heterocycles. The van der Waals surface area contributed by atoms with Crippen LogP contribution in [0, 0.1) is 27.7 Å². The van der Waals surface area contributed by atoms with E-state index in [2.05, 4.69) is 0 Å². The predicted octanol–water partition coefficient (Wildman–Crippen LogP) is 8.64. The van der Waals surface area contributed by atoms with Crippen LogP contribution in [0.1, 0.15) is 38.9 Å². The number of ether oxygens (including phenoxy) is 2. The predicted molar refractivity (Wildman–Crippen MR) is 250 cm³/mol. The molecule has 0 fully saturated rings. The zero-order valence-corrected chi connectivity index (χ0v) is 40.1. The Kier molecular flexibility index (Phi) is 14.5. The van der Waals surface area contributed by atoms with Gasteiger partial charge >= 0.3 is 40.5 Å². The van der Waals surface area contributed by atoms with Gasteiger partial charge in [-0.25, -0.2) is 0 Å².